The molecule has 5 heteroatoms. The minimum absolute atomic E-state index is 0.128. The minimum atomic E-state index is 0.128. The van der Waals surface area contributed by atoms with Crippen LogP contribution in [0.1, 0.15) is 51.7 Å². The molecule has 1 aliphatic rings. The molecule has 3 heterocycles. The summed E-state index contributed by atoms with van der Waals surface area (Å²) in [6.45, 7) is 9.61. The maximum Gasteiger partial charge on any atom is 0.238 e. The highest BCUT2D eigenvalue weighted by molar-refractivity contribution is 6.24. The first-order valence-corrected chi connectivity index (χ1v) is 22.4. The first-order chi connectivity index (χ1) is 31.2. The summed E-state index contributed by atoms with van der Waals surface area (Å²) in [7, 11) is 0. The van der Waals surface area contributed by atoms with Crippen LogP contribution in [0.25, 0.3) is 100 Å². The van der Waals surface area contributed by atoms with E-state index < -0.39 is 0 Å². The minimum Gasteiger partial charge on any atom is -0.307 e. The Morgan fingerprint density at radius 1 is 0.375 bits per heavy atom. The van der Waals surface area contributed by atoms with Crippen LogP contribution in [0.5, 0.6) is 0 Å². The smallest absolute Gasteiger partial charge is 0.238 e. The van der Waals surface area contributed by atoms with Gasteiger partial charge >= 0.3 is 0 Å². The molecule has 1 aliphatic carbocycles. The highest BCUT2D eigenvalue weighted by Crippen LogP contribution is 2.48. The third-order valence-corrected chi connectivity index (χ3v) is 13.9. The predicted molar refractivity (Wildman–Crippen MR) is 266 cm³/mol. The molecule has 3 aromatic heterocycles. The standard InChI is InChI=1S/C59H47N5/c1-58(2)34-35-59(3,4)49-37-41(30-33-48(49)58)40-22-17-23-42(36-40)43-24-11-14-27-50(43)63-51-28-15-12-25-44(51)46-31-32-47-45-26-13-16-29-52(45)64(54(47)53(46)63)57-61-55(38-18-7-5-8-19-38)60-56(62-57)39-20-9-6-10-21-39/h5-33,36-37H,34-35H2,1-4H3. The molecule has 0 saturated carbocycles. The maximum absolute atomic E-state index is 5.31. The van der Waals surface area contributed by atoms with E-state index in [0.717, 1.165) is 60.6 Å². The number of hydrogen-bond donors (Lipinski definition) is 0. The second-order valence-corrected chi connectivity index (χ2v) is 18.7. The van der Waals surface area contributed by atoms with Gasteiger partial charge in [0.05, 0.1) is 27.8 Å². The van der Waals surface area contributed by atoms with Gasteiger partial charge in [-0.1, -0.05) is 191 Å². The number of fused-ring (bicyclic) bond motifs is 8. The summed E-state index contributed by atoms with van der Waals surface area (Å²) < 4.78 is 4.75. The summed E-state index contributed by atoms with van der Waals surface area (Å²) >= 11 is 0. The molecule has 0 unspecified atom stereocenters. The number of hydrogen-bond acceptors (Lipinski definition) is 3. The Labute approximate surface area is 373 Å². The Balaban J connectivity index is 1.13. The van der Waals surface area contributed by atoms with E-state index in [-0.39, 0.29) is 10.8 Å². The molecule has 11 aromatic rings. The molecule has 0 atom stereocenters. The molecule has 12 rings (SSSR count). The summed E-state index contributed by atoms with van der Waals surface area (Å²) in [4.78, 5) is 15.7. The van der Waals surface area contributed by atoms with E-state index in [0.29, 0.717) is 17.6 Å². The quantitative estimate of drug-likeness (QED) is 0.168. The molecule has 0 aliphatic heterocycles. The fraction of sp³-hybridized carbons (Fsp3) is 0.136. The van der Waals surface area contributed by atoms with Gasteiger partial charge in [0.2, 0.25) is 5.95 Å². The van der Waals surface area contributed by atoms with Crippen molar-refractivity contribution in [3.63, 3.8) is 0 Å². The molecule has 0 spiro atoms. The largest absolute Gasteiger partial charge is 0.307 e. The molecule has 0 saturated heterocycles. The molecule has 5 nitrogen and oxygen atoms in total. The van der Waals surface area contributed by atoms with Gasteiger partial charge in [-0.25, -0.2) is 4.98 Å². The van der Waals surface area contributed by atoms with Crippen LogP contribution in [0, 0.1) is 0 Å². The zero-order valence-corrected chi connectivity index (χ0v) is 36.5. The van der Waals surface area contributed by atoms with Gasteiger partial charge in [0.25, 0.3) is 0 Å². The van der Waals surface area contributed by atoms with Crippen LogP contribution in [0.4, 0.5) is 0 Å². The third-order valence-electron chi connectivity index (χ3n) is 13.9. The fourth-order valence-electron chi connectivity index (χ4n) is 10.4. The Morgan fingerprint density at radius 3 is 1.53 bits per heavy atom. The van der Waals surface area contributed by atoms with Crippen LogP contribution >= 0.6 is 0 Å². The van der Waals surface area contributed by atoms with E-state index in [9.17, 15) is 0 Å². The molecule has 0 bridgehead atoms. The monoisotopic (exact) mass is 825 g/mol. The molecular formula is C59H47N5. The molecular weight excluding hydrogens is 779 g/mol. The van der Waals surface area contributed by atoms with Gasteiger partial charge in [-0.3, -0.25) is 4.57 Å². The molecule has 0 fully saturated rings. The zero-order valence-electron chi connectivity index (χ0n) is 36.5. The van der Waals surface area contributed by atoms with E-state index in [1.165, 1.54) is 46.0 Å². The Morgan fingerprint density at radius 2 is 0.875 bits per heavy atom. The van der Waals surface area contributed by atoms with Crippen LogP contribution < -0.4 is 0 Å². The lowest BCUT2D eigenvalue weighted by molar-refractivity contribution is 0.332. The van der Waals surface area contributed by atoms with Gasteiger partial charge in [0, 0.05) is 38.2 Å². The van der Waals surface area contributed by atoms with Crippen LogP contribution in [0.2, 0.25) is 0 Å². The van der Waals surface area contributed by atoms with Crippen molar-refractivity contribution in [3.05, 3.63) is 199 Å². The van der Waals surface area contributed by atoms with Crippen LogP contribution in [0.3, 0.4) is 0 Å². The first-order valence-electron chi connectivity index (χ1n) is 22.4. The molecule has 308 valence electrons. The van der Waals surface area contributed by atoms with Crippen molar-refractivity contribution >= 4 is 43.6 Å². The highest BCUT2D eigenvalue weighted by atomic mass is 15.2. The van der Waals surface area contributed by atoms with Crippen molar-refractivity contribution in [2.45, 2.75) is 51.4 Å². The van der Waals surface area contributed by atoms with E-state index in [2.05, 4.69) is 188 Å². The average molecular weight is 826 g/mol. The second kappa shape index (κ2) is 14.5. The van der Waals surface area contributed by atoms with Crippen molar-refractivity contribution in [3.8, 4) is 56.7 Å². The van der Waals surface area contributed by atoms with Gasteiger partial charge in [0.1, 0.15) is 0 Å². The third kappa shape index (κ3) is 6.02. The molecule has 0 amide bonds. The van der Waals surface area contributed by atoms with E-state index >= 15 is 0 Å². The number of rotatable bonds is 6. The van der Waals surface area contributed by atoms with Crippen molar-refractivity contribution in [2.75, 3.05) is 0 Å². The molecule has 0 N–H and O–H groups in total. The van der Waals surface area contributed by atoms with Crippen molar-refractivity contribution < 1.29 is 0 Å². The van der Waals surface area contributed by atoms with E-state index in [1.54, 1.807) is 0 Å². The van der Waals surface area contributed by atoms with Crippen molar-refractivity contribution in [2.24, 2.45) is 0 Å². The number of benzene rings is 8. The maximum atomic E-state index is 5.31. The Kier molecular flexibility index (Phi) is 8.61. The van der Waals surface area contributed by atoms with E-state index in [4.69, 9.17) is 15.0 Å². The van der Waals surface area contributed by atoms with Crippen LogP contribution in [-0.4, -0.2) is 24.1 Å². The molecule has 64 heavy (non-hydrogen) atoms. The highest BCUT2D eigenvalue weighted by Gasteiger charge is 2.37. The summed E-state index contributed by atoms with van der Waals surface area (Å²) in [6.07, 6.45) is 2.39. The topological polar surface area (TPSA) is 48.5 Å². The number of aromatic nitrogens is 5. The second-order valence-electron chi connectivity index (χ2n) is 18.7. The lowest BCUT2D eigenvalue weighted by Gasteiger charge is -2.42. The lowest BCUT2D eigenvalue weighted by Crippen LogP contribution is -2.33. The summed E-state index contributed by atoms with van der Waals surface area (Å²) in [5, 5.41) is 4.62. The predicted octanol–water partition coefficient (Wildman–Crippen LogP) is 15.1. The lowest BCUT2D eigenvalue weighted by atomic mass is 9.63. The fourth-order valence-corrected chi connectivity index (χ4v) is 10.4. The Bertz CT molecular complexity index is 3550. The van der Waals surface area contributed by atoms with Crippen molar-refractivity contribution in [1.82, 2.24) is 24.1 Å². The summed E-state index contributed by atoms with van der Waals surface area (Å²) in [5.41, 5.74) is 15.3. The number of nitrogens with zero attached hydrogens (tertiary/aromatic N) is 5. The Hall–Kier alpha value is -7.63. The summed E-state index contributed by atoms with van der Waals surface area (Å²) in [5.74, 6) is 1.82. The van der Waals surface area contributed by atoms with Gasteiger partial charge in [0.15, 0.2) is 11.6 Å². The van der Waals surface area contributed by atoms with E-state index in [1.807, 2.05) is 36.4 Å². The SMILES string of the molecule is CC1(C)CCC(C)(C)c2cc(-c3cccc(-c4ccccc4-n4c5ccccc5c5ccc6c7ccccc7n(-c7nc(-c8ccccc8)nc(-c8ccccc8)n7)c6c54)c3)ccc21. The van der Waals surface area contributed by atoms with Gasteiger partial charge in [-0.15, -0.1) is 0 Å². The average Bonchev–Trinajstić information content (AvgIpc) is 3.86. The van der Waals surface area contributed by atoms with Gasteiger partial charge in [-0.05, 0) is 75.8 Å². The van der Waals surface area contributed by atoms with Crippen LogP contribution in [-0.2, 0) is 10.8 Å². The normalized spacial score (nSPS) is 14.4. The summed E-state index contributed by atoms with van der Waals surface area (Å²) in [6, 6.07) is 67.6. The van der Waals surface area contributed by atoms with Crippen molar-refractivity contribution in [1.29, 1.82) is 0 Å². The van der Waals surface area contributed by atoms with Crippen LogP contribution in [0.15, 0.2) is 188 Å². The first kappa shape index (κ1) is 38.1. The number of para-hydroxylation sites is 3. The molecule has 8 aromatic carbocycles. The molecule has 0 radical (unpaired) electrons. The van der Waals surface area contributed by atoms with Gasteiger partial charge in [-0.2, -0.15) is 9.97 Å². The van der Waals surface area contributed by atoms with Gasteiger partial charge < -0.3 is 4.57 Å². The zero-order chi connectivity index (χ0) is 43.2.